The third kappa shape index (κ3) is 4.13. The first kappa shape index (κ1) is 23.0. The number of imide groups is 1. The quantitative estimate of drug-likeness (QED) is 0.368. The number of carbonyl (C=O) groups is 3. The molecule has 1 unspecified atom stereocenters. The monoisotopic (exact) mass is 479 g/mol. The molecular weight excluding hydrogens is 454 g/mol. The van der Waals surface area contributed by atoms with Gasteiger partial charge in [-0.15, -0.1) is 0 Å². The molecule has 3 N–H and O–H groups in total. The van der Waals surface area contributed by atoms with Crippen molar-refractivity contribution in [2.24, 2.45) is 0 Å². The van der Waals surface area contributed by atoms with Crippen molar-refractivity contribution in [3.8, 4) is 16.9 Å². The van der Waals surface area contributed by atoms with Crippen LogP contribution in [0.1, 0.15) is 34.0 Å². The first-order valence-corrected chi connectivity index (χ1v) is 11.5. The Morgan fingerprint density at radius 1 is 0.972 bits per heavy atom. The van der Waals surface area contributed by atoms with Gasteiger partial charge in [0.05, 0.1) is 11.3 Å². The Kier molecular flexibility index (Phi) is 5.64. The number of hydrogen-bond acceptors (Lipinski definition) is 4. The number of carbonyl (C=O) groups excluding carboxylic acids is 3. The summed E-state index contributed by atoms with van der Waals surface area (Å²) < 4.78 is 1.69. The van der Waals surface area contributed by atoms with E-state index in [9.17, 15) is 14.4 Å². The fourth-order valence-corrected chi connectivity index (χ4v) is 4.38. The van der Waals surface area contributed by atoms with Crippen LogP contribution in [0.4, 0.5) is 10.5 Å². The molecule has 36 heavy (non-hydrogen) atoms. The molecular formula is C28H25N5O3. The molecule has 1 aromatic heterocycles. The number of amides is 4. The molecule has 0 bridgehead atoms. The summed E-state index contributed by atoms with van der Waals surface area (Å²) in [5.74, 6) is -0.786. The van der Waals surface area contributed by atoms with E-state index in [0.717, 1.165) is 22.4 Å². The second-order valence-electron chi connectivity index (χ2n) is 9.06. The maximum Gasteiger partial charge on any atom is 0.322 e. The van der Waals surface area contributed by atoms with Gasteiger partial charge < -0.3 is 10.6 Å². The lowest BCUT2D eigenvalue weighted by atomic mass is 9.92. The van der Waals surface area contributed by atoms with Crippen LogP contribution in [-0.2, 0) is 10.3 Å². The number of rotatable bonds is 5. The average molecular weight is 480 g/mol. The molecule has 0 radical (unpaired) electrons. The van der Waals surface area contributed by atoms with Crippen molar-refractivity contribution < 1.29 is 14.4 Å². The van der Waals surface area contributed by atoms with Crippen LogP contribution in [0.2, 0.25) is 0 Å². The predicted molar refractivity (Wildman–Crippen MR) is 137 cm³/mol. The molecule has 2 heterocycles. The SMILES string of the molecule is Cc1ccc(-c2nn(-c3ccccc3)cc2C(=O)Nc2cccc(C3(C)NC(=O)NC3=O)c2)c(C)c1. The van der Waals surface area contributed by atoms with Crippen LogP contribution in [0.5, 0.6) is 0 Å². The van der Waals surface area contributed by atoms with Gasteiger partial charge in [-0.05, 0) is 56.2 Å². The number of nitrogens with zero attached hydrogens (tertiary/aromatic N) is 2. The minimum atomic E-state index is -1.22. The van der Waals surface area contributed by atoms with E-state index in [-0.39, 0.29) is 5.91 Å². The zero-order valence-corrected chi connectivity index (χ0v) is 20.1. The highest BCUT2D eigenvalue weighted by Gasteiger charge is 2.43. The number of para-hydroxylation sites is 1. The highest BCUT2D eigenvalue weighted by molar-refractivity contribution is 6.09. The Morgan fingerprint density at radius 3 is 2.44 bits per heavy atom. The minimum Gasteiger partial charge on any atom is -0.322 e. The number of urea groups is 1. The van der Waals surface area contributed by atoms with Crippen molar-refractivity contribution in [3.63, 3.8) is 0 Å². The lowest BCUT2D eigenvalue weighted by Gasteiger charge is -2.21. The van der Waals surface area contributed by atoms with Gasteiger partial charge in [-0.25, -0.2) is 9.48 Å². The summed E-state index contributed by atoms with van der Waals surface area (Å²) >= 11 is 0. The Hall–Kier alpha value is -4.72. The summed E-state index contributed by atoms with van der Waals surface area (Å²) in [7, 11) is 0. The van der Waals surface area contributed by atoms with Gasteiger partial charge in [0.1, 0.15) is 11.2 Å². The molecule has 1 aliphatic heterocycles. The van der Waals surface area contributed by atoms with Gasteiger partial charge in [0.15, 0.2) is 0 Å². The molecule has 0 spiro atoms. The van der Waals surface area contributed by atoms with Crippen molar-refractivity contribution in [3.05, 3.63) is 101 Å². The normalized spacial score (nSPS) is 17.0. The number of anilines is 1. The minimum absolute atomic E-state index is 0.339. The average Bonchev–Trinajstić information content (AvgIpc) is 3.41. The molecule has 0 aliphatic carbocycles. The second-order valence-corrected chi connectivity index (χ2v) is 9.06. The van der Waals surface area contributed by atoms with Gasteiger partial charge in [-0.1, -0.05) is 54.1 Å². The Labute approximate surface area is 208 Å². The second kappa shape index (κ2) is 8.81. The maximum absolute atomic E-state index is 13.5. The summed E-state index contributed by atoms with van der Waals surface area (Å²) in [4.78, 5) is 37.6. The number of hydrogen-bond donors (Lipinski definition) is 3. The predicted octanol–water partition coefficient (Wildman–Crippen LogP) is 4.46. The van der Waals surface area contributed by atoms with E-state index in [1.807, 2.05) is 56.3 Å². The standard InChI is InChI=1S/C28H25N5O3/c1-17-12-13-22(18(2)14-17)24-23(16-33(32-24)21-10-5-4-6-11-21)25(34)29-20-9-7-8-19(15-20)28(3)26(35)30-27(36)31-28/h4-16H,1-3H3,(H,29,34)(H2,30,31,35,36). The molecule has 8 heteroatoms. The summed E-state index contributed by atoms with van der Waals surface area (Å²) in [6.45, 7) is 5.64. The van der Waals surface area contributed by atoms with Crippen molar-refractivity contribution in [1.29, 1.82) is 0 Å². The summed E-state index contributed by atoms with van der Waals surface area (Å²) in [6.07, 6.45) is 1.72. The fourth-order valence-electron chi connectivity index (χ4n) is 4.38. The van der Waals surface area contributed by atoms with Gasteiger partial charge in [-0.2, -0.15) is 5.10 Å². The topological polar surface area (TPSA) is 105 Å². The third-order valence-electron chi connectivity index (χ3n) is 6.36. The van der Waals surface area contributed by atoms with E-state index in [1.54, 1.807) is 42.1 Å². The molecule has 4 aromatic rings. The fraction of sp³-hybridized carbons (Fsp3) is 0.143. The van der Waals surface area contributed by atoms with Gasteiger partial charge in [0.25, 0.3) is 11.8 Å². The van der Waals surface area contributed by atoms with E-state index >= 15 is 0 Å². The molecule has 0 saturated carbocycles. The molecule has 180 valence electrons. The molecule has 1 saturated heterocycles. The molecule has 8 nitrogen and oxygen atoms in total. The molecule has 3 aromatic carbocycles. The highest BCUT2D eigenvalue weighted by Crippen LogP contribution is 2.30. The van der Waals surface area contributed by atoms with Gasteiger partial charge in [0.2, 0.25) is 0 Å². The van der Waals surface area contributed by atoms with E-state index < -0.39 is 17.5 Å². The van der Waals surface area contributed by atoms with Gasteiger partial charge >= 0.3 is 6.03 Å². The highest BCUT2D eigenvalue weighted by atomic mass is 16.2. The Balaban J connectivity index is 1.52. The van der Waals surface area contributed by atoms with E-state index in [4.69, 9.17) is 5.10 Å². The maximum atomic E-state index is 13.5. The van der Waals surface area contributed by atoms with Crippen LogP contribution >= 0.6 is 0 Å². The molecule has 1 aliphatic rings. The lowest BCUT2D eigenvalue weighted by molar-refractivity contribution is -0.123. The van der Waals surface area contributed by atoms with Gasteiger partial charge in [-0.3, -0.25) is 14.9 Å². The van der Waals surface area contributed by atoms with E-state index in [0.29, 0.717) is 22.5 Å². The third-order valence-corrected chi connectivity index (χ3v) is 6.36. The number of nitrogens with one attached hydrogen (secondary N) is 3. The lowest BCUT2D eigenvalue weighted by Crippen LogP contribution is -2.40. The Morgan fingerprint density at radius 2 is 1.75 bits per heavy atom. The van der Waals surface area contributed by atoms with Crippen molar-refractivity contribution in [2.45, 2.75) is 26.3 Å². The number of benzene rings is 3. The first-order chi connectivity index (χ1) is 17.2. The summed E-state index contributed by atoms with van der Waals surface area (Å²) in [5, 5.41) is 12.6. The van der Waals surface area contributed by atoms with Crippen molar-refractivity contribution in [2.75, 3.05) is 5.32 Å². The summed E-state index contributed by atoms with van der Waals surface area (Å²) in [6, 6.07) is 21.9. The van der Waals surface area contributed by atoms with Crippen LogP contribution in [0.25, 0.3) is 16.9 Å². The van der Waals surface area contributed by atoms with Crippen molar-refractivity contribution in [1.82, 2.24) is 20.4 Å². The first-order valence-electron chi connectivity index (χ1n) is 11.5. The van der Waals surface area contributed by atoms with Crippen LogP contribution < -0.4 is 16.0 Å². The zero-order chi connectivity index (χ0) is 25.4. The molecule has 4 amide bonds. The van der Waals surface area contributed by atoms with Crippen LogP contribution in [0, 0.1) is 13.8 Å². The Bertz CT molecular complexity index is 1510. The van der Waals surface area contributed by atoms with Crippen LogP contribution in [0.15, 0.2) is 79.0 Å². The van der Waals surface area contributed by atoms with Crippen LogP contribution in [0.3, 0.4) is 0 Å². The number of aromatic nitrogens is 2. The molecule has 1 fully saturated rings. The molecule has 5 rings (SSSR count). The molecule has 1 atom stereocenters. The van der Waals surface area contributed by atoms with E-state index in [1.165, 1.54) is 0 Å². The number of aryl methyl sites for hydroxylation is 2. The largest absolute Gasteiger partial charge is 0.322 e. The van der Waals surface area contributed by atoms with E-state index in [2.05, 4.69) is 22.0 Å². The van der Waals surface area contributed by atoms with Gasteiger partial charge in [0, 0.05) is 17.4 Å². The smallest absolute Gasteiger partial charge is 0.322 e. The summed E-state index contributed by atoms with van der Waals surface area (Å²) in [5.41, 5.74) is 4.64. The van der Waals surface area contributed by atoms with Crippen LogP contribution in [-0.4, -0.2) is 27.6 Å². The zero-order valence-electron chi connectivity index (χ0n) is 20.1. The van der Waals surface area contributed by atoms with Crippen molar-refractivity contribution >= 4 is 23.5 Å².